The smallest absolute Gasteiger partial charge is 0.278 e. The van der Waals surface area contributed by atoms with Gasteiger partial charge >= 0.3 is 0 Å². The van der Waals surface area contributed by atoms with Crippen molar-refractivity contribution < 1.29 is 0 Å². The maximum absolute atomic E-state index is 12.4. The number of benzene rings is 1. The Morgan fingerprint density at radius 2 is 2.05 bits per heavy atom. The number of hydrogen-bond acceptors (Lipinski definition) is 4. The first-order chi connectivity index (χ1) is 9.58. The molecule has 0 amide bonds. The summed E-state index contributed by atoms with van der Waals surface area (Å²) in [4.78, 5) is 20.9. The Labute approximate surface area is 124 Å². The largest absolute Gasteiger partial charge is 0.315 e. The van der Waals surface area contributed by atoms with Crippen LogP contribution in [0.25, 0.3) is 11.3 Å². The Kier molecular flexibility index (Phi) is 3.23. The molecule has 7 heteroatoms. The zero-order chi connectivity index (χ0) is 14.3. The van der Waals surface area contributed by atoms with Crippen LogP contribution in [0, 0.1) is 0 Å². The van der Waals surface area contributed by atoms with Gasteiger partial charge in [0.15, 0.2) is 5.29 Å². The van der Waals surface area contributed by atoms with Gasteiger partial charge in [0.2, 0.25) is 0 Å². The lowest BCUT2D eigenvalue weighted by Crippen LogP contribution is -2.28. The van der Waals surface area contributed by atoms with Crippen molar-refractivity contribution in [3.63, 3.8) is 0 Å². The summed E-state index contributed by atoms with van der Waals surface area (Å²) < 4.78 is 1.47. The van der Waals surface area contributed by atoms with Crippen LogP contribution in [0.4, 0.5) is 5.82 Å². The molecule has 1 aliphatic rings. The fourth-order valence-corrected chi connectivity index (χ4v) is 2.44. The summed E-state index contributed by atoms with van der Waals surface area (Å²) in [6.45, 7) is 0.326. The van der Waals surface area contributed by atoms with Crippen molar-refractivity contribution in [3.05, 3.63) is 45.3 Å². The maximum Gasteiger partial charge on any atom is 0.278 e. The number of aliphatic imine (C=N–C) groups is 1. The number of rotatable bonds is 1. The van der Waals surface area contributed by atoms with Gasteiger partial charge in [0.1, 0.15) is 17.2 Å². The van der Waals surface area contributed by atoms with Gasteiger partial charge in [-0.15, -0.1) is 0 Å². The van der Waals surface area contributed by atoms with E-state index in [-0.39, 0.29) is 10.9 Å². The summed E-state index contributed by atoms with van der Waals surface area (Å²) >= 11 is 12.0. The van der Waals surface area contributed by atoms with E-state index in [0.717, 1.165) is 0 Å². The number of fused-ring (bicyclic) bond motifs is 1. The molecule has 0 radical (unpaired) electrons. The lowest BCUT2D eigenvalue weighted by atomic mass is 10.1. The zero-order valence-electron chi connectivity index (χ0n) is 10.5. The highest BCUT2D eigenvalue weighted by molar-refractivity contribution is 6.67. The lowest BCUT2D eigenvalue weighted by Gasteiger charge is -2.18. The fraction of sp³-hybridized carbons (Fsp3) is 0.154. The predicted octanol–water partition coefficient (Wildman–Crippen LogP) is 2.62. The highest BCUT2D eigenvalue weighted by Crippen LogP contribution is 2.26. The molecule has 20 heavy (non-hydrogen) atoms. The Morgan fingerprint density at radius 1 is 1.30 bits per heavy atom. The first-order valence-electron chi connectivity index (χ1n) is 5.89. The SMILES string of the molecule is Cn1c2c(nc(-c3ccccc3Cl)c1=O)CN=C(Cl)N2. The summed E-state index contributed by atoms with van der Waals surface area (Å²) in [6.07, 6.45) is 0. The molecule has 1 N–H and O–H groups in total. The van der Waals surface area contributed by atoms with Crippen LogP contribution in [0.1, 0.15) is 5.69 Å². The third kappa shape index (κ3) is 2.09. The van der Waals surface area contributed by atoms with Gasteiger partial charge in [-0.3, -0.25) is 14.4 Å². The van der Waals surface area contributed by atoms with Crippen molar-refractivity contribution in [2.24, 2.45) is 12.0 Å². The van der Waals surface area contributed by atoms with Gasteiger partial charge in [-0.05, 0) is 17.7 Å². The molecule has 0 spiro atoms. The van der Waals surface area contributed by atoms with Crippen molar-refractivity contribution in [2.75, 3.05) is 5.32 Å². The molecule has 1 aromatic heterocycles. The van der Waals surface area contributed by atoms with E-state index in [9.17, 15) is 4.79 Å². The third-order valence-corrected chi connectivity index (χ3v) is 3.62. The highest BCUT2D eigenvalue weighted by Gasteiger charge is 2.20. The van der Waals surface area contributed by atoms with E-state index in [0.29, 0.717) is 34.3 Å². The minimum atomic E-state index is -0.240. The van der Waals surface area contributed by atoms with Crippen molar-refractivity contribution in [3.8, 4) is 11.3 Å². The average Bonchev–Trinajstić information content (AvgIpc) is 2.44. The molecule has 0 saturated carbocycles. The van der Waals surface area contributed by atoms with Gasteiger partial charge in [-0.1, -0.05) is 29.8 Å². The van der Waals surface area contributed by atoms with E-state index in [1.54, 1.807) is 25.2 Å². The molecule has 1 aliphatic heterocycles. The second-order valence-corrected chi connectivity index (χ2v) is 5.10. The van der Waals surface area contributed by atoms with Gasteiger partial charge in [0.05, 0.1) is 11.6 Å². The van der Waals surface area contributed by atoms with E-state index in [2.05, 4.69) is 15.3 Å². The summed E-state index contributed by atoms with van der Waals surface area (Å²) in [6, 6.07) is 7.12. The second-order valence-electron chi connectivity index (χ2n) is 4.33. The maximum atomic E-state index is 12.4. The highest BCUT2D eigenvalue weighted by atomic mass is 35.5. The molecule has 0 unspecified atom stereocenters. The topological polar surface area (TPSA) is 59.3 Å². The normalized spacial score (nSPS) is 13.4. The van der Waals surface area contributed by atoms with Gasteiger partial charge in [-0.25, -0.2) is 4.98 Å². The van der Waals surface area contributed by atoms with Crippen molar-refractivity contribution in [1.82, 2.24) is 9.55 Å². The van der Waals surface area contributed by atoms with E-state index in [1.165, 1.54) is 4.57 Å². The predicted molar refractivity (Wildman–Crippen MR) is 80.5 cm³/mol. The van der Waals surface area contributed by atoms with Crippen LogP contribution in [-0.4, -0.2) is 14.8 Å². The number of hydrogen-bond donors (Lipinski definition) is 1. The van der Waals surface area contributed by atoms with E-state index in [4.69, 9.17) is 23.2 Å². The van der Waals surface area contributed by atoms with Crippen molar-refractivity contribution in [2.45, 2.75) is 6.54 Å². The second kappa shape index (κ2) is 4.92. The Hall–Kier alpha value is -1.85. The Balaban J connectivity index is 2.24. The Morgan fingerprint density at radius 3 is 2.80 bits per heavy atom. The number of aromatic nitrogens is 2. The van der Waals surface area contributed by atoms with Crippen LogP contribution < -0.4 is 10.9 Å². The zero-order valence-corrected chi connectivity index (χ0v) is 12.0. The molecule has 2 aromatic rings. The molecule has 0 bridgehead atoms. The van der Waals surface area contributed by atoms with Crippen molar-refractivity contribution >= 4 is 34.3 Å². The molecule has 0 atom stereocenters. The Bertz CT molecular complexity index is 782. The number of nitrogens with one attached hydrogen (secondary N) is 1. The molecule has 0 aliphatic carbocycles. The van der Waals surface area contributed by atoms with Crippen LogP contribution in [0.2, 0.25) is 5.02 Å². The van der Waals surface area contributed by atoms with Crippen LogP contribution >= 0.6 is 23.2 Å². The van der Waals surface area contributed by atoms with Crippen LogP contribution in [-0.2, 0) is 13.6 Å². The average molecular weight is 309 g/mol. The first-order valence-corrected chi connectivity index (χ1v) is 6.65. The number of nitrogens with zero attached hydrogens (tertiary/aromatic N) is 3. The van der Waals surface area contributed by atoms with E-state index in [1.807, 2.05) is 6.07 Å². The lowest BCUT2D eigenvalue weighted by molar-refractivity contribution is 0.816. The van der Waals surface area contributed by atoms with Gasteiger partial charge in [-0.2, -0.15) is 0 Å². The van der Waals surface area contributed by atoms with Crippen LogP contribution in [0.15, 0.2) is 34.1 Å². The van der Waals surface area contributed by atoms with Gasteiger partial charge in [0.25, 0.3) is 5.56 Å². The summed E-state index contributed by atoms with van der Waals surface area (Å²) in [5.74, 6) is 0.561. The van der Waals surface area contributed by atoms with E-state index < -0.39 is 0 Å². The standard InChI is InChI=1S/C13H10Cl2N4O/c1-19-11-9(6-16-13(15)18-11)17-10(12(19)20)7-4-2-3-5-8(7)14/h2-5H,6H2,1H3,(H,16,18). The molecular weight excluding hydrogens is 299 g/mol. The number of amidine groups is 1. The minimum absolute atomic E-state index is 0.240. The molecule has 0 saturated heterocycles. The van der Waals surface area contributed by atoms with Crippen LogP contribution in [0.3, 0.4) is 0 Å². The summed E-state index contributed by atoms with van der Waals surface area (Å²) in [7, 11) is 1.66. The fourth-order valence-electron chi connectivity index (χ4n) is 2.07. The molecule has 3 rings (SSSR count). The van der Waals surface area contributed by atoms with E-state index >= 15 is 0 Å². The molecule has 2 heterocycles. The molecule has 5 nitrogen and oxygen atoms in total. The third-order valence-electron chi connectivity index (χ3n) is 3.08. The molecule has 0 fully saturated rings. The summed E-state index contributed by atoms with van der Waals surface area (Å²) in [5, 5.41) is 3.58. The van der Waals surface area contributed by atoms with Crippen LogP contribution in [0.5, 0.6) is 0 Å². The van der Waals surface area contributed by atoms with Gasteiger partial charge < -0.3 is 5.32 Å². The monoisotopic (exact) mass is 308 g/mol. The number of halogens is 2. The molecular formula is C13H10Cl2N4O. The summed E-state index contributed by atoms with van der Waals surface area (Å²) in [5.41, 5.74) is 1.34. The van der Waals surface area contributed by atoms with Crippen molar-refractivity contribution in [1.29, 1.82) is 0 Å². The van der Waals surface area contributed by atoms with Gasteiger partial charge in [0, 0.05) is 12.6 Å². The minimum Gasteiger partial charge on any atom is -0.315 e. The molecule has 102 valence electrons. The quantitative estimate of drug-likeness (QED) is 0.824. The number of anilines is 1. The first kappa shape index (κ1) is 13.1. The molecule has 1 aromatic carbocycles.